The van der Waals surface area contributed by atoms with E-state index in [9.17, 15) is 0 Å². The molecule has 0 aliphatic rings. The van der Waals surface area contributed by atoms with Crippen molar-refractivity contribution < 1.29 is 4.74 Å². The molecule has 1 unspecified atom stereocenters. The van der Waals surface area contributed by atoms with Gasteiger partial charge in [0.05, 0.1) is 11.6 Å². The first-order valence-electron chi connectivity index (χ1n) is 4.83. The number of methoxy groups -OCH3 is 1. The summed E-state index contributed by atoms with van der Waals surface area (Å²) in [5, 5.41) is 4.36. The fraction of sp³-hybridized carbons (Fsp3) is 0.455. The molecule has 2 nitrogen and oxygen atoms in total. The summed E-state index contributed by atoms with van der Waals surface area (Å²) in [5.74, 6) is 0. The average molecular weight is 290 g/mol. The number of halogens is 1. The van der Waals surface area contributed by atoms with Crippen LogP contribution in [-0.2, 0) is 6.54 Å². The summed E-state index contributed by atoms with van der Waals surface area (Å²) >= 11 is 5.12. The smallest absolute Gasteiger partial charge is 0.188 e. The van der Waals surface area contributed by atoms with Crippen LogP contribution in [0.15, 0.2) is 23.2 Å². The average Bonchev–Trinajstić information content (AvgIpc) is 2.56. The predicted molar refractivity (Wildman–Crippen MR) is 69.7 cm³/mol. The number of thiophene rings is 1. The molecule has 0 amide bonds. The van der Waals surface area contributed by atoms with Crippen LogP contribution in [0.1, 0.15) is 18.2 Å². The maximum atomic E-state index is 5.21. The molecule has 0 aliphatic carbocycles. The van der Waals surface area contributed by atoms with E-state index in [1.807, 2.05) is 6.08 Å². The second-order valence-electron chi connectivity index (χ2n) is 3.36. The van der Waals surface area contributed by atoms with Crippen LogP contribution in [-0.4, -0.2) is 13.2 Å². The van der Waals surface area contributed by atoms with Gasteiger partial charge in [-0.15, -0.1) is 17.9 Å². The Morgan fingerprint density at radius 3 is 3.00 bits per heavy atom. The van der Waals surface area contributed by atoms with Gasteiger partial charge < -0.3 is 10.1 Å². The van der Waals surface area contributed by atoms with Crippen molar-refractivity contribution in [3.63, 3.8) is 0 Å². The summed E-state index contributed by atoms with van der Waals surface area (Å²) in [4.78, 5) is 1.27. The number of ether oxygens (including phenoxy) is 1. The van der Waals surface area contributed by atoms with E-state index in [0.717, 1.165) is 22.5 Å². The third kappa shape index (κ3) is 3.97. The van der Waals surface area contributed by atoms with Crippen molar-refractivity contribution in [2.75, 3.05) is 7.11 Å². The number of rotatable bonds is 6. The summed E-state index contributed by atoms with van der Waals surface area (Å²) in [7, 11) is 1.69. The minimum atomic E-state index is 0.467. The molecule has 0 fully saturated rings. The van der Waals surface area contributed by atoms with E-state index >= 15 is 0 Å². The fourth-order valence-electron chi connectivity index (χ4n) is 1.23. The first-order chi connectivity index (χ1) is 7.17. The van der Waals surface area contributed by atoms with Crippen LogP contribution in [0.5, 0.6) is 5.06 Å². The van der Waals surface area contributed by atoms with Crippen molar-refractivity contribution in [3.8, 4) is 5.06 Å². The molecule has 1 N–H and O–H groups in total. The maximum absolute atomic E-state index is 5.21. The molecule has 1 aromatic heterocycles. The van der Waals surface area contributed by atoms with Gasteiger partial charge in [0.15, 0.2) is 5.06 Å². The van der Waals surface area contributed by atoms with Gasteiger partial charge >= 0.3 is 0 Å². The lowest BCUT2D eigenvalue weighted by Crippen LogP contribution is -2.24. The van der Waals surface area contributed by atoms with Crippen LogP contribution >= 0.6 is 27.3 Å². The quantitative estimate of drug-likeness (QED) is 0.809. The van der Waals surface area contributed by atoms with Gasteiger partial charge in [0.1, 0.15) is 0 Å². The number of hydrogen-bond donors (Lipinski definition) is 1. The van der Waals surface area contributed by atoms with E-state index < -0.39 is 0 Å². The Bertz CT molecular complexity index is 324. The van der Waals surface area contributed by atoms with Crippen molar-refractivity contribution >= 4 is 27.3 Å². The Morgan fingerprint density at radius 2 is 2.47 bits per heavy atom. The van der Waals surface area contributed by atoms with Crippen LogP contribution < -0.4 is 10.1 Å². The molecular weight excluding hydrogens is 274 g/mol. The molecule has 1 heterocycles. The summed E-state index contributed by atoms with van der Waals surface area (Å²) in [6.07, 6.45) is 2.92. The lowest BCUT2D eigenvalue weighted by molar-refractivity contribution is 0.425. The molecule has 0 saturated heterocycles. The maximum Gasteiger partial charge on any atom is 0.188 e. The molecular formula is C11H16BrNOS. The van der Waals surface area contributed by atoms with Crippen LogP contribution in [0, 0.1) is 0 Å². The Morgan fingerprint density at radius 1 is 1.73 bits per heavy atom. The first kappa shape index (κ1) is 12.7. The lowest BCUT2D eigenvalue weighted by Gasteiger charge is -2.09. The van der Waals surface area contributed by atoms with E-state index in [4.69, 9.17) is 4.74 Å². The Labute approximate surface area is 103 Å². The minimum Gasteiger partial charge on any atom is -0.486 e. The molecule has 0 aromatic carbocycles. The molecule has 0 saturated carbocycles. The van der Waals surface area contributed by atoms with Gasteiger partial charge in [-0.1, -0.05) is 6.08 Å². The highest BCUT2D eigenvalue weighted by atomic mass is 79.9. The molecule has 84 valence electrons. The van der Waals surface area contributed by atoms with E-state index in [0.29, 0.717) is 6.04 Å². The monoisotopic (exact) mass is 289 g/mol. The third-order valence-electron chi connectivity index (χ3n) is 2.04. The van der Waals surface area contributed by atoms with Crippen LogP contribution in [0.3, 0.4) is 0 Å². The van der Waals surface area contributed by atoms with Crippen LogP contribution in [0.2, 0.25) is 0 Å². The van der Waals surface area contributed by atoms with Crippen molar-refractivity contribution in [3.05, 3.63) is 28.1 Å². The summed E-state index contributed by atoms with van der Waals surface area (Å²) in [6.45, 7) is 6.75. The fourth-order valence-corrected chi connectivity index (χ4v) is 2.87. The first-order valence-corrected chi connectivity index (χ1v) is 6.44. The Hall–Kier alpha value is -0.320. The highest BCUT2D eigenvalue weighted by molar-refractivity contribution is 9.10. The van der Waals surface area contributed by atoms with Crippen LogP contribution in [0.4, 0.5) is 0 Å². The minimum absolute atomic E-state index is 0.467. The van der Waals surface area contributed by atoms with E-state index in [1.165, 1.54) is 4.88 Å². The zero-order valence-electron chi connectivity index (χ0n) is 9.05. The van der Waals surface area contributed by atoms with Crippen molar-refractivity contribution in [2.24, 2.45) is 0 Å². The van der Waals surface area contributed by atoms with Crippen molar-refractivity contribution in [2.45, 2.75) is 25.9 Å². The lowest BCUT2D eigenvalue weighted by atomic mass is 10.2. The van der Waals surface area contributed by atoms with Gasteiger partial charge in [-0.2, -0.15) is 0 Å². The molecule has 1 rings (SSSR count). The molecule has 1 aromatic rings. The molecule has 0 bridgehead atoms. The summed E-state index contributed by atoms with van der Waals surface area (Å²) in [5.41, 5.74) is 0. The normalized spacial score (nSPS) is 12.5. The van der Waals surface area contributed by atoms with E-state index in [1.54, 1.807) is 18.4 Å². The molecule has 15 heavy (non-hydrogen) atoms. The van der Waals surface area contributed by atoms with Crippen LogP contribution in [0.25, 0.3) is 0 Å². The highest BCUT2D eigenvalue weighted by Crippen LogP contribution is 2.34. The predicted octanol–water partition coefficient (Wildman–Crippen LogP) is 3.57. The molecule has 0 aliphatic heterocycles. The highest BCUT2D eigenvalue weighted by Gasteiger charge is 2.07. The summed E-state index contributed by atoms with van der Waals surface area (Å²) in [6, 6.07) is 2.56. The Balaban J connectivity index is 2.46. The largest absolute Gasteiger partial charge is 0.486 e. The van der Waals surface area contributed by atoms with Crippen molar-refractivity contribution in [1.29, 1.82) is 0 Å². The topological polar surface area (TPSA) is 21.3 Å². The van der Waals surface area contributed by atoms with Gasteiger partial charge in [0.2, 0.25) is 0 Å². The SMILES string of the molecule is C=CCC(C)NCc1cc(Br)c(OC)s1. The van der Waals surface area contributed by atoms with E-state index in [-0.39, 0.29) is 0 Å². The zero-order chi connectivity index (χ0) is 11.3. The number of nitrogens with one attached hydrogen (secondary N) is 1. The van der Waals surface area contributed by atoms with Gasteiger partial charge in [-0.25, -0.2) is 0 Å². The molecule has 0 radical (unpaired) electrons. The standard InChI is InChI=1S/C11H16BrNOS/c1-4-5-8(2)13-7-9-6-10(12)11(14-3)15-9/h4,6,8,13H,1,5,7H2,2-3H3. The second kappa shape index (κ2) is 6.30. The van der Waals surface area contributed by atoms with Gasteiger partial charge in [0.25, 0.3) is 0 Å². The van der Waals surface area contributed by atoms with Gasteiger partial charge in [-0.3, -0.25) is 0 Å². The molecule has 4 heteroatoms. The van der Waals surface area contributed by atoms with Gasteiger partial charge in [0, 0.05) is 17.5 Å². The van der Waals surface area contributed by atoms with Crippen molar-refractivity contribution in [1.82, 2.24) is 5.32 Å². The molecule has 0 spiro atoms. The Kier molecular flexibility index (Phi) is 5.36. The number of hydrogen-bond acceptors (Lipinski definition) is 3. The molecule has 1 atom stereocenters. The summed E-state index contributed by atoms with van der Waals surface area (Å²) < 4.78 is 6.24. The van der Waals surface area contributed by atoms with E-state index in [2.05, 4.69) is 40.8 Å². The van der Waals surface area contributed by atoms with Gasteiger partial charge in [-0.05, 0) is 35.3 Å². The third-order valence-corrected chi connectivity index (χ3v) is 3.98. The zero-order valence-corrected chi connectivity index (χ0v) is 11.5. The second-order valence-corrected chi connectivity index (χ2v) is 5.31.